The number of hydrogen-bond donors (Lipinski definition) is 2. The average Bonchev–Trinajstić information content (AvgIpc) is 2.05. The first kappa shape index (κ1) is 8.74. The highest BCUT2D eigenvalue weighted by atomic mass is 16.3. The third-order valence-electron chi connectivity index (χ3n) is 1.71. The van der Waals surface area contributed by atoms with E-state index in [1.807, 2.05) is 0 Å². The lowest BCUT2D eigenvalue weighted by atomic mass is 10.1. The summed E-state index contributed by atoms with van der Waals surface area (Å²) in [5.74, 6) is 0.118. The Labute approximate surface area is 70.8 Å². The van der Waals surface area contributed by atoms with Crippen LogP contribution in [0.5, 0.6) is 5.75 Å². The lowest BCUT2D eigenvalue weighted by Gasteiger charge is -2.02. The fraction of sp³-hybridized carbons (Fsp3) is 0.222. The number of aromatic hydroxyl groups is 1. The number of rotatable bonds is 2. The van der Waals surface area contributed by atoms with E-state index in [0.717, 1.165) is 0 Å². The summed E-state index contributed by atoms with van der Waals surface area (Å²) in [6.45, 7) is 1.72. The number of hydrogen-bond acceptors (Lipinski definition) is 3. The number of carbonyl (C=O) groups is 1. The van der Waals surface area contributed by atoms with Gasteiger partial charge in [-0.15, -0.1) is 0 Å². The molecule has 1 aromatic carbocycles. The molecular formula is C9H11NO2. The van der Waals surface area contributed by atoms with E-state index in [1.54, 1.807) is 12.1 Å². The molecule has 0 atom stereocenters. The molecule has 0 aromatic heterocycles. The van der Waals surface area contributed by atoms with E-state index in [9.17, 15) is 9.90 Å². The second-order valence-electron chi connectivity index (χ2n) is 2.60. The maximum absolute atomic E-state index is 10.9. The van der Waals surface area contributed by atoms with Gasteiger partial charge in [0.15, 0.2) is 5.78 Å². The molecule has 0 bridgehead atoms. The van der Waals surface area contributed by atoms with Gasteiger partial charge in [0.2, 0.25) is 0 Å². The molecule has 1 rings (SSSR count). The summed E-state index contributed by atoms with van der Waals surface area (Å²) >= 11 is 0. The molecule has 0 aliphatic heterocycles. The maximum Gasteiger partial charge on any atom is 0.159 e. The Morgan fingerprint density at radius 2 is 2.25 bits per heavy atom. The lowest BCUT2D eigenvalue weighted by Crippen LogP contribution is -1.99. The van der Waals surface area contributed by atoms with Gasteiger partial charge in [-0.25, -0.2) is 0 Å². The third kappa shape index (κ3) is 1.62. The van der Waals surface area contributed by atoms with Crippen LogP contribution >= 0.6 is 0 Å². The third-order valence-corrected chi connectivity index (χ3v) is 1.71. The van der Waals surface area contributed by atoms with Crippen molar-refractivity contribution in [3.63, 3.8) is 0 Å². The smallest absolute Gasteiger partial charge is 0.159 e. The van der Waals surface area contributed by atoms with E-state index in [0.29, 0.717) is 11.1 Å². The van der Waals surface area contributed by atoms with Crippen LogP contribution < -0.4 is 5.73 Å². The van der Waals surface area contributed by atoms with Crippen molar-refractivity contribution in [1.29, 1.82) is 0 Å². The van der Waals surface area contributed by atoms with Crippen molar-refractivity contribution in [1.82, 2.24) is 0 Å². The molecule has 0 amide bonds. The molecule has 3 N–H and O–H groups in total. The molecule has 0 aliphatic carbocycles. The molecule has 0 fully saturated rings. The number of Topliss-reactive ketones (excluding diaryl/α,β-unsaturated/α-hetero) is 1. The Bertz CT molecular complexity index is 307. The van der Waals surface area contributed by atoms with Crippen molar-refractivity contribution in [2.75, 3.05) is 0 Å². The van der Waals surface area contributed by atoms with Gasteiger partial charge in [-0.3, -0.25) is 4.79 Å². The van der Waals surface area contributed by atoms with Gasteiger partial charge in [0.1, 0.15) is 5.75 Å². The molecular weight excluding hydrogens is 154 g/mol. The highest BCUT2D eigenvalue weighted by Gasteiger charge is 2.03. The molecule has 3 nitrogen and oxygen atoms in total. The molecule has 0 aliphatic rings. The van der Waals surface area contributed by atoms with Gasteiger partial charge in [-0.05, 0) is 25.1 Å². The number of phenolic OH excluding ortho intramolecular Hbond substituents is 1. The predicted octanol–water partition coefficient (Wildman–Crippen LogP) is 1.05. The first-order valence-electron chi connectivity index (χ1n) is 3.68. The molecule has 0 unspecified atom stereocenters. The minimum atomic E-state index is -0.0234. The van der Waals surface area contributed by atoms with Gasteiger partial charge in [0.05, 0.1) is 0 Å². The topological polar surface area (TPSA) is 63.3 Å². The quantitative estimate of drug-likeness (QED) is 0.644. The summed E-state index contributed by atoms with van der Waals surface area (Å²) in [7, 11) is 0. The van der Waals surface area contributed by atoms with E-state index in [2.05, 4.69) is 0 Å². The van der Waals surface area contributed by atoms with Crippen molar-refractivity contribution in [3.05, 3.63) is 29.3 Å². The van der Waals surface area contributed by atoms with Crippen LogP contribution in [0.3, 0.4) is 0 Å². The largest absolute Gasteiger partial charge is 0.508 e. The van der Waals surface area contributed by atoms with Gasteiger partial charge in [0.25, 0.3) is 0 Å². The monoisotopic (exact) mass is 165 g/mol. The van der Waals surface area contributed by atoms with Gasteiger partial charge < -0.3 is 10.8 Å². The standard InChI is InChI=1S/C9H11NO2/c1-6(11)7-2-3-9(12)8(4-7)5-10/h2-4,12H,5,10H2,1H3. The van der Waals surface area contributed by atoms with Gasteiger partial charge in [0, 0.05) is 17.7 Å². The normalized spacial score (nSPS) is 9.83. The zero-order chi connectivity index (χ0) is 9.14. The highest BCUT2D eigenvalue weighted by Crippen LogP contribution is 2.17. The fourth-order valence-corrected chi connectivity index (χ4v) is 0.968. The summed E-state index contributed by atoms with van der Waals surface area (Å²) in [6.07, 6.45) is 0. The Morgan fingerprint density at radius 1 is 1.58 bits per heavy atom. The second kappa shape index (κ2) is 3.36. The number of carbonyl (C=O) groups excluding carboxylic acids is 1. The molecule has 0 saturated carbocycles. The number of phenols is 1. The number of nitrogens with two attached hydrogens (primary N) is 1. The molecule has 64 valence electrons. The minimum Gasteiger partial charge on any atom is -0.508 e. The number of ketones is 1. The second-order valence-corrected chi connectivity index (χ2v) is 2.60. The molecule has 0 heterocycles. The molecule has 0 radical (unpaired) electrons. The summed E-state index contributed by atoms with van der Waals surface area (Å²) < 4.78 is 0. The number of benzene rings is 1. The van der Waals surface area contributed by atoms with Crippen LogP contribution in [0.1, 0.15) is 22.8 Å². The zero-order valence-corrected chi connectivity index (χ0v) is 6.87. The molecule has 3 heteroatoms. The summed E-state index contributed by atoms with van der Waals surface area (Å²) in [5.41, 5.74) is 6.53. The van der Waals surface area contributed by atoms with E-state index < -0.39 is 0 Å². The Morgan fingerprint density at radius 3 is 2.75 bits per heavy atom. The van der Waals surface area contributed by atoms with Crippen molar-refractivity contribution in [2.24, 2.45) is 5.73 Å². The SMILES string of the molecule is CC(=O)c1ccc(O)c(CN)c1. The van der Waals surface area contributed by atoms with Crippen LogP contribution in [0.25, 0.3) is 0 Å². The highest BCUT2D eigenvalue weighted by molar-refractivity contribution is 5.94. The molecule has 0 spiro atoms. The van der Waals surface area contributed by atoms with Crippen LogP contribution in [0.2, 0.25) is 0 Å². The Kier molecular flexibility index (Phi) is 2.45. The Balaban J connectivity index is 3.13. The van der Waals surface area contributed by atoms with E-state index in [4.69, 9.17) is 5.73 Å². The average molecular weight is 165 g/mol. The van der Waals surface area contributed by atoms with Crippen molar-refractivity contribution in [2.45, 2.75) is 13.5 Å². The van der Waals surface area contributed by atoms with Crippen molar-refractivity contribution in [3.8, 4) is 5.75 Å². The Hall–Kier alpha value is -1.35. The van der Waals surface area contributed by atoms with Crippen molar-refractivity contribution < 1.29 is 9.90 Å². The van der Waals surface area contributed by atoms with Crippen LogP contribution in [-0.4, -0.2) is 10.9 Å². The van der Waals surface area contributed by atoms with Crippen LogP contribution in [0.15, 0.2) is 18.2 Å². The summed E-state index contributed by atoms with van der Waals surface area (Å²) in [4.78, 5) is 10.9. The van der Waals surface area contributed by atoms with Crippen LogP contribution in [0, 0.1) is 0 Å². The van der Waals surface area contributed by atoms with Gasteiger partial charge >= 0.3 is 0 Å². The predicted molar refractivity (Wildman–Crippen MR) is 46.0 cm³/mol. The molecule has 12 heavy (non-hydrogen) atoms. The molecule has 1 aromatic rings. The summed E-state index contributed by atoms with van der Waals surface area (Å²) in [6, 6.07) is 4.67. The summed E-state index contributed by atoms with van der Waals surface area (Å²) in [5, 5.41) is 9.23. The lowest BCUT2D eigenvalue weighted by molar-refractivity contribution is 0.101. The first-order valence-corrected chi connectivity index (χ1v) is 3.68. The van der Waals surface area contributed by atoms with E-state index in [1.165, 1.54) is 13.0 Å². The maximum atomic E-state index is 10.9. The molecule has 0 saturated heterocycles. The van der Waals surface area contributed by atoms with E-state index in [-0.39, 0.29) is 18.1 Å². The van der Waals surface area contributed by atoms with E-state index >= 15 is 0 Å². The van der Waals surface area contributed by atoms with Crippen LogP contribution in [0.4, 0.5) is 0 Å². The van der Waals surface area contributed by atoms with Crippen LogP contribution in [-0.2, 0) is 6.54 Å². The first-order chi connectivity index (χ1) is 5.65. The van der Waals surface area contributed by atoms with Gasteiger partial charge in [-0.2, -0.15) is 0 Å². The zero-order valence-electron chi connectivity index (χ0n) is 6.87. The van der Waals surface area contributed by atoms with Crippen molar-refractivity contribution >= 4 is 5.78 Å². The minimum absolute atomic E-state index is 0.0234. The van der Waals surface area contributed by atoms with Gasteiger partial charge in [-0.1, -0.05) is 0 Å². The fourth-order valence-electron chi connectivity index (χ4n) is 0.968.